The number of rotatable bonds is 5. The minimum Gasteiger partial charge on any atom is -0.296 e. The summed E-state index contributed by atoms with van der Waals surface area (Å²) in [4.78, 5) is 12.6. The molecule has 1 amide bonds. The molecular formula is C15H11F2N3OS3. The molecule has 0 spiro atoms. The first-order chi connectivity index (χ1) is 11.5. The second-order valence-electron chi connectivity index (χ2n) is 4.84. The summed E-state index contributed by atoms with van der Waals surface area (Å²) in [6.07, 6.45) is 0. The van der Waals surface area contributed by atoms with Gasteiger partial charge in [0.05, 0.1) is 4.88 Å². The van der Waals surface area contributed by atoms with Crippen molar-refractivity contribution in [3.05, 3.63) is 57.3 Å². The lowest BCUT2D eigenvalue weighted by molar-refractivity contribution is 0.103. The van der Waals surface area contributed by atoms with Gasteiger partial charge in [-0.25, -0.2) is 8.78 Å². The lowest BCUT2D eigenvalue weighted by Crippen LogP contribution is -2.09. The Labute approximate surface area is 148 Å². The van der Waals surface area contributed by atoms with Gasteiger partial charge in [-0.3, -0.25) is 10.1 Å². The van der Waals surface area contributed by atoms with E-state index in [0.29, 0.717) is 14.3 Å². The van der Waals surface area contributed by atoms with E-state index in [1.165, 1.54) is 34.4 Å². The molecule has 0 saturated carbocycles. The smallest absolute Gasteiger partial charge is 0.267 e. The van der Waals surface area contributed by atoms with Crippen molar-refractivity contribution in [2.45, 2.75) is 17.0 Å². The van der Waals surface area contributed by atoms with Crippen LogP contribution in [0.25, 0.3) is 0 Å². The van der Waals surface area contributed by atoms with E-state index in [-0.39, 0.29) is 17.2 Å². The number of amides is 1. The van der Waals surface area contributed by atoms with Gasteiger partial charge < -0.3 is 0 Å². The number of anilines is 1. The van der Waals surface area contributed by atoms with Crippen LogP contribution in [0.5, 0.6) is 0 Å². The molecule has 0 aliphatic heterocycles. The fourth-order valence-corrected chi connectivity index (χ4v) is 4.33. The van der Waals surface area contributed by atoms with Crippen LogP contribution < -0.4 is 5.32 Å². The Morgan fingerprint density at radius 2 is 2.12 bits per heavy atom. The maximum absolute atomic E-state index is 13.6. The largest absolute Gasteiger partial charge is 0.296 e. The van der Waals surface area contributed by atoms with Gasteiger partial charge in [-0.15, -0.1) is 21.5 Å². The van der Waals surface area contributed by atoms with Crippen LogP contribution in [0.1, 0.15) is 20.8 Å². The van der Waals surface area contributed by atoms with Crippen molar-refractivity contribution >= 4 is 45.5 Å². The molecule has 4 nitrogen and oxygen atoms in total. The minimum absolute atomic E-state index is 0.232. The standard InChI is InChI=1S/C15H11F2N3OS3/c1-8-4-12(22-6-8)13(21)18-14-19-20-15(24-14)23-7-9-5-10(16)2-3-11(9)17/h2-6H,7H2,1H3,(H,18,19,21). The molecule has 0 fully saturated rings. The van der Waals surface area contributed by atoms with Gasteiger partial charge in [-0.05, 0) is 42.1 Å². The summed E-state index contributed by atoms with van der Waals surface area (Å²) >= 11 is 3.78. The molecule has 9 heteroatoms. The first-order valence-corrected chi connectivity index (χ1v) is 9.46. The van der Waals surface area contributed by atoms with E-state index in [1.807, 2.05) is 12.3 Å². The number of thiophene rings is 1. The Bertz CT molecular complexity index is 878. The zero-order valence-electron chi connectivity index (χ0n) is 12.4. The van der Waals surface area contributed by atoms with Crippen LogP contribution in [0.4, 0.5) is 13.9 Å². The van der Waals surface area contributed by atoms with Gasteiger partial charge in [-0.2, -0.15) is 0 Å². The molecule has 3 aromatic rings. The number of thioether (sulfide) groups is 1. The Kier molecular flexibility index (Phi) is 5.22. The first-order valence-electron chi connectivity index (χ1n) is 6.78. The second kappa shape index (κ2) is 7.37. The molecule has 3 rings (SSSR count). The fourth-order valence-electron chi connectivity index (χ4n) is 1.82. The van der Waals surface area contributed by atoms with E-state index in [9.17, 15) is 13.6 Å². The molecule has 1 N–H and O–H groups in total. The topological polar surface area (TPSA) is 54.9 Å². The first kappa shape index (κ1) is 17.0. The van der Waals surface area contributed by atoms with Gasteiger partial charge >= 0.3 is 0 Å². The molecule has 124 valence electrons. The number of carbonyl (C=O) groups excluding carboxylic acids is 1. The number of hydrogen-bond donors (Lipinski definition) is 1. The lowest BCUT2D eigenvalue weighted by atomic mass is 10.2. The summed E-state index contributed by atoms with van der Waals surface area (Å²) in [7, 11) is 0. The number of aryl methyl sites for hydroxylation is 1. The summed E-state index contributed by atoms with van der Waals surface area (Å²) < 4.78 is 27.3. The van der Waals surface area contributed by atoms with E-state index < -0.39 is 11.6 Å². The van der Waals surface area contributed by atoms with Gasteiger partial charge in [0.1, 0.15) is 11.6 Å². The summed E-state index contributed by atoms with van der Waals surface area (Å²) in [6.45, 7) is 1.92. The number of halogens is 2. The normalized spacial score (nSPS) is 10.8. The number of aromatic nitrogens is 2. The number of benzene rings is 1. The Morgan fingerprint density at radius 3 is 2.88 bits per heavy atom. The molecule has 0 saturated heterocycles. The molecule has 1 aromatic carbocycles. The quantitative estimate of drug-likeness (QED) is 0.511. The van der Waals surface area contributed by atoms with Crippen LogP contribution in [-0.2, 0) is 5.75 Å². The van der Waals surface area contributed by atoms with Gasteiger partial charge in [0.15, 0.2) is 4.34 Å². The predicted molar refractivity (Wildman–Crippen MR) is 92.8 cm³/mol. The second-order valence-corrected chi connectivity index (χ2v) is 7.95. The molecule has 0 radical (unpaired) electrons. The molecular weight excluding hydrogens is 372 g/mol. The van der Waals surface area contributed by atoms with Crippen LogP contribution in [0.3, 0.4) is 0 Å². The van der Waals surface area contributed by atoms with Crippen LogP contribution in [0.2, 0.25) is 0 Å². The molecule has 0 atom stereocenters. The van der Waals surface area contributed by atoms with E-state index in [0.717, 1.165) is 23.8 Å². The minimum atomic E-state index is -0.483. The van der Waals surface area contributed by atoms with Crippen LogP contribution in [0.15, 0.2) is 34.0 Å². The highest BCUT2D eigenvalue weighted by atomic mass is 32.2. The van der Waals surface area contributed by atoms with E-state index in [1.54, 1.807) is 6.07 Å². The summed E-state index contributed by atoms with van der Waals surface area (Å²) in [6, 6.07) is 5.13. The van der Waals surface area contributed by atoms with Crippen LogP contribution in [-0.4, -0.2) is 16.1 Å². The lowest BCUT2D eigenvalue weighted by Gasteiger charge is -2.01. The van der Waals surface area contributed by atoms with Crippen molar-refractivity contribution < 1.29 is 13.6 Å². The molecule has 0 aliphatic rings. The Balaban J connectivity index is 1.61. The highest BCUT2D eigenvalue weighted by Gasteiger charge is 2.13. The zero-order valence-corrected chi connectivity index (χ0v) is 14.8. The monoisotopic (exact) mass is 383 g/mol. The third kappa shape index (κ3) is 4.16. The van der Waals surface area contributed by atoms with Gasteiger partial charge in [0, 0.05) is 11.3 Å². The van der Waals surface area contributed by atoms with Crippen molar-refractivity contribution in [3.63, 3.8) is 0 Å². The SMILES string of the molecule is Cc1csc(C(=O)Nc2nnc(SCc3cc(F)ccc3F)s2)c1. The van der Waals surface area contributed by atoms with E-state index in [2.05, 4.69) is 15.5 Å². The molecule has 0 unspecified atom stereocenters. The average Bonchev–Trinajstić information content (AvgIpc) is 3.17. The Morgan fingerprint density at radius 1 is 1.29 bits per heavy atom. The van der Waals surface area contributed by atoms with Crippen molar-refractivity contribution in [1.82, 2.24) is 10.2 Å². The predicted octanol–water partition coefficient (Wildman–Crippen LogP) is 4.73. The van der Waals surface area contributed by atoms with Crippen molar-refractivity contribution in [3.8, 4) is 0 Å². The molecule has 2 heterocycles. The summed E-state index contributed by atoms with van der Waals surface area (Å²) in [5.41, 5.74) is 1.28. The van der Waals surface area contributed by atoms with Crippen molar-refractivity contribution in [2.75, 3.05) is 5.32 Å². The highest BCUT2D eigenvalue weighted by molar-refractivity contribution is 8.00. The van der Waals surface area contributed by atoms with Gasteiger partial charge in [0.2, 0.25) is 5.13 Å². The maximum Gasteiger partial charge on any atom is 0.267 e. The maximum atomic E-state index is 13.6. The van der Waals surface area contributed by atoms with E-state index >= 15 is 0 Å². The van der Waals surface area contributed by atoms with E-state index in [4.69, 9.17) is 0 Å². The number of nitrogens with zero attached hydrogens (tertiary/aromatic N) is 2. The molecule has 24 heavy (non-hydrogen) atoms. The number of hydrogen-bond acceptors (Lipinski definition) is 6. The fraction of sp³-hybridized carbons (Fsp3) is 0.133. The average molecular weight is 383 g/mol. The molecule has 0 aliphatic carbocycles. The van der Waals surface area contributed by atoms with Crippen molar-refractivity contribution in [1.29, 1.82) is 0 Å². The van der Waals surface area contributed by atoms with Crippen LogP contribution in [0, 0.1) is 18.6 Å². The Hall–Kier alpha value is -1.84. The molecule has 2 aromatic heterocycles. The summed E-state index contributed by atoms with van der Waals surface area (Å²) in [5.74, 6) is -0.952. The van der Waals surface area contributed by atoms with Gasteiger partial charge in [0.25, 0.3) is 5.91 Å². The highest BCUT2D eigenvalue weighted by Crippen LogP contribution is 2.29. The zero-order chi connectivity index (χ0) is 17.1. The third-order valence-corrected chi connectivity index (χ3v) is 6.01. The van der Waals surface area contributed by atoms with Crippen LogP contribution >= 0.6 is 34.4 Å². The van der Waals surface area contributed by atoms with Gasteiger partial charge in [-0.1, -0.05) is 23.1 Å². The van der Waals surface area contributed by atoms with Crippen molar-refractivity contribution in [2.24, 2.45) is 0 Å². The number of nitrogens with one attached hydrogen (secondary N) is 1. The molecule has 0 bridgehead atoms. The summed E-state index contributed by atoms with van der Waals surface area (Å²) in [5, 5.41) is 12.8. The number of carbonyl (C=O) groups is 1. The third-order valence-electron chi connectivity index (χ3n) is 2.94.